The first kappa shape index (κ1) is 15.5. The quantitative estimate of drug-likeness (QED) is 0.642. The highest BCUT2D eigenvalue weighted by molar-refractivity contribution is 5.56. The van der Waals surface area contributed by atoms with Crippen molar-refractivity contribution in [2.24, 2.45) is 7.05 Å². The second kappa shape index (κ2) is 5.66. The van der Waals surface area contributed by atoms with Crippen LogP contribution in [0.3, 0.4) is 0 Å². The zero-order chi connectivity index (χ0) is 16.6. The van der Waals surface area contributed by atoms with E-state index in [1.54, 1.807) is 23.7 Å². The summed E-state index contributed by atoms with van der Waals surface area (Å²) >= 11 is 0. The van der Waals surface area contributed by atoms with Crippen molar-refractivity contribution in [3.05, 3.63) is 51.8 Å². The number of ether oxygens (including phenoxy) is 1. The van der Waals surface area contributed by atoms with Crippen molar-refractivity contribution in [2.75, 3.05) is 24.6 Å². The highest BCUT2D eigenvalue weighted by Crippen LogP contribution is 2.33. The fraction of sp³-hybridized carbons (Fsp3) is 0.438. The Morgan fingerprint density at radius 2 is 2.22 bits per heavy atom. The van der Waals surface area contributed by atoms with Gasteiger partial charge in [0.15, 0.2) is 0 Å². The van der Waals surface area contributed by atoms with Gasteiger partial charge in [-0.3, -0.25) is 14.8 Å². The molecular formula is C16H20N4O3. The fourth-order valence-electron chi connectivity index (χ4n) is 3.00. The Morgan fingerprint density at radius 1 is 1.43 bits per heavy atom. The first-order chi connectivity index (χ1) is 10.9. The molecule has 7 nitrogen and oxygen atoms in total. The predicted molar refractivity (Wildman–Crippen MR) is 86.6 cm³/mol. The maximum Gasteiger partial charge on any atom is 0.272 e. The van der Waals surface area contributed by atoms with Crippen LogP contribution in [0.15, 0.2) is 30.6 Å². The summed E-state index contributed by atoms with van der Waals surface area (Å²) in [6, 6.07) is 5.24. The van der Waals surface area contributed by atoms with E-state index in [1.807, 2.05) is 25.5 Å². The highest BCUT2D eigenvalue weighted by Gasteiger charge is 2.35. The lowest BCUT2D eigenvalue weighted by molar-refractivity contribution is -0.385. The molecular weight excluding hydrogens is 296 g/mol. The van der Waals surface area contributed by atoms with E-state index in [9.17, 15) is 10.1 Å². The first-order valence-electron chi connectivity index (χ1n) is 7.52. The molecule has 7 heteroatoms. The van der Waals surface area contributed by atoms with Crippen LogP contribution in [0.5, 0.6) is 0 Å². The van der Waals surface area contributed by atoms with E-state index >= 15 is 0 Å². The molecule has 0 saturated carbocycles. The summed E-state index contributed by atoms with van der Waals surface area (Å²) in [7, 11) is 1.88. The Kier molecular flexibility index (Phi) is 3.81. The molecule has 23 heavy (non-hydrogen) atoms. The normalized spacial score (nSPS) is 21.4. The van der Waals surface area contributed by atoms with Crippen LogP contribution in [0.2, 0.25) is 0 Å². The summed E-state index contributed by atoms with van der Waals surface area (Å²) in [6.07, 6.45) is 3.79. The summed E-state index contributed by atoms with van der Waals surface area (Å²) in [6.45, 7) is 5.85. The molecule has 1 atom stereocenters. The van der Waals surface area contributed by atoms with Crippen LogP contribution in [0, 0.1) is 17.0 Å². The molecule has 0 aliphatic carbocycles. The molecule has 0 N–H and O–H groups in total. The molecule has 2 heterocycles. The van der Waals surface area contributed by atoms with Gasteiger partial charge in [-0.25, -0.2) is 0 Å². The fourth-order valence-corrected chi connectivity index (χ4v) is 3.00. The van der Waals surface area contributed by atoms with E-state index in [0.717, 1.165) is 17.8 Å². The monoisotopic (exact) mass is 316 g/mol. The van der Waals surface area contributed by atoms with Crippen molar-refractivity contribution in [2.45, 2.75) is 19.4 Å². The molecule has 1 saturated heterocycles. The van der Waals surface area contributed by atoms with Gasteiger partial charge in [0, 0.05) is 42.7 Å². The lowest BCUT2D eigenvalue weighted by Gasteiger charge is -2.41. The molecule has 0 bridgehead atoms. The topological polar surface area (TPSA) is 73.4 Å². The average Bonchev–Trinajstić information content (AvgIpc) is 2.94. The van der Waals surface area contributed by atoms with Crippen molar-refractivity contribution in [3.8, 4) is 0 Å². The van der Waals surface area contributed by atoms with Crippen LogP contribution in [0.1, 0.15) is 18.1 Å². The van der Waals surface area contributed by atoms with Crippen molar-refractivity contribution < 1.29 is 9.66 Å². The summed E-state index contributed by atoms with van der Waals surface area (Å²) in [4.78, 5) is 12.8. The minimum absolute atomic E-state index is 0.150. The highest BCUT2D eigenvalue weighted by atomic mass is 16.6. The van der Waals surface area contributed by atoms with Gasteiger partial charge in [0.05, 0.1) is 24.3 Å². The standard InChI is InChI=1S/C16H20N4O3/c1-12-8-14(4-5-15(12)20(21)22)19-6-7-23-16(2,11-19)13-9-17-18(3)10-13/h4-5,8-10H,6-7,11H2,1-3H3. The van der Waals surface area contributed by atoms with Gasteiger partial charge >= 0.3 is 0 Å². The van der Waals surface area contributed by atoms with Gasteiger partial charge in [-0.2, -0.15) is 5.10 Å². The molecule has 0 radical (unpaired) electrons. The van der Waals surface area contributed by atoms with Crippen LogP contribution in [-0.4, -0.2) is 34.4 Å². The molecule has 1 unspecified atom stereocenters. The van der Waals surface area contributed by atoms with Crippen LogP contribution in [-0.2, 0) is 17.4 Å². The smallest absolute Gasteiger partial charge is 0.272 e. The summed E-state index contributed by atoms with van der Waals surface area (Å²) in [5.41, 5.74) is 2.39. The maximum atomic E-state index is 11.0. The summed E-state index contributed by atoms with van der Waals surface area (Å²) < 4.78 is 7.77. The Hall–Kier alpha value is -2.41. The van der Waals surface area contributed by atoms with Gasteiger partial charge in [-0.1, -0.05) is 0 Å². The van der Waals surface area contributed by atoms with Crippen LogP contribution in [0.4, 0.5) is 11.4 Å². The number of hydrogen-bond donors (Lipinski definition) is 0. The van der Waals surface area contributed by atoms with Gasteiger partial charge in [-0.15, -0.1) is 0 Å². The Labute approximate surface area is 134 Å². The number of hydrogen-bond acceptors (Lipinski definition) is 5. The van der Waals surface area contributed by atoms with E-state index in [0.29, 0.717) is 18.7 Å². The number of nitro benzene ring substituents is 1. The lowest BCUT2D eigenvalue weighted by atomic mass is 9.96. The third-order valence-electron chi connectivity index (χ3n) is 4.33. The molecule has 1 aromatic carbocycles. The Balaban J connectivity index is 1.86. The number of aromatic nitrogens is 2. The number of rotatable bonds is 3. The molecule has 1 fully saturated rings. The lowest BCUT2D eigenvalue weighted by Crippen LogP contribution is -2.48. The van der Waals surface area contributed by atoms with E-state index in [1.165, 1.54) is 0 Å². The van der Waals surface area contributed by atoms with Crippen LogP contribution in [0.25, 0.3) is 0 Å². The van der Waals surface area contributed by atoms with Crippen molar-refractivity contribution in [1.82, 2.24) is 9.78 Å². The molecule has 2 aromatic rings. The van der Waals surface area contributed by atoms with Gasteiger partial charge in [0.2, 0.25) is 0 Å². The third-order valence-corrected chi connectivity index (χ3v) is 4.33. The van der Waals surface area contributed by atoms with E-state index in [-0.39, 0.29) is 10.6 Å². The second-order valence-corrected chi connectivity index (χ2v) is 6.13. The maximum absolute atomic E-state index is 11.0. The molecule has 122 valence electrons. The number of benzene rings is 1. The minimum Gasteiger partial charge on any atom is -0.367 e. The summed E-state index contributed by atoms with van der Waals surface area (Å²) in [5.74, 6) is 0. The first-order valence-corrected chi connectivity index (χ1v) is 7.52. The number of anilines is 1. The van der Waals surface area contributed by atoms with Gasteiger partial charge in [0.25, 0.3) is 5.69 Å². The van der Waals surface area contributed by atoms with E-state index in [4.69, 9.17) is 4.74 Å². The Morgan fingerprint density at radius 3 is 2.83 bits per heavy atom. The molecule has 3 rings (SSSR count). The largest absolute Gasteiger partial charge is 0.367 e. The average molecular weight is 316 g/mol. The predicted octanol–water partition coefficient (Wildman–Crippen LogP) is 2.39. The van der Waals surface area contributed by atoms with Crippen LogP contribution >= 0.6 is 0 Å². The van der Waals surface area contributed by atoms with Gasteiger partial charge < -0.3 is 9.64 Å². The second-order valence-electron chi connectivity index (χ2n) is 6.13. The Bertz CT molecular complexity index is 743. The molecule has 1 aromatic heterocycles. The number of nitro groups is 1. The van der Waals surface area contributed by atoms with E-state index in [2.05, 4.69) is 16.9 Å². The summed E-state index contributed by atoms with van der Waals surface area (Å²) in [5, 5.41) is 15.2. The van der Waals surface area contributed by atoms with Crippen molar-refractivity contribution in [1.29, 1.82) is 0 Å². The zero-order valence-corrected chi connectivity index (χ0v) is 13.5. The third kappa shape index (κ3) is 2.92. The van der Waals surface area contributed by atoms with Gasteiger partial charge in [0.1, 0.15) is 5.60 Å². The molecule has 0 spiro atoms. The number of nitrogens with zero attached hydrogens (tertiary/aromatic N) is 4. The van der Waals surface area contributed by atoms with Crippen LogP contribution < -0.4 is 4.90 Å². The minimum atomic E-state index is -0.442. The SMILES string of the molecule is Cc1cc(N2CCOC(C)(c3cnn(C)c3)C2)ccc1[N+](=O)[O-]. The number of morpholine rings is 1. The van der Waals surface area contributed by atoms with Crippen molar-refractivity contribution >= 4 is 11.4 Å². The van der Waals surface area contributed by atoms with Gasteiger partial charge in [-0.05, 0) is 26.0 Å². The van der Waals surface area contributed by atoms with Crippen molar-refractivity contribution in [3.63, 3.8) is 0 Å². The molecule has 1 aliphatic heterocycles. The number of aryl methyl sites for hydroxylation is 2. The molecule has 1 aliphatic rings. The van der Waals surface area contributed by atoms with E-state index < -0.39 is 5.60 Å². The molecule has 0 amide bonds. The zero-order valence-electron chi connectivity index (χ0n) is 13.5.